The lowest BCUT2D eigenvalue weighted by atomic mass is 9.76. The molecule has 4 nitrogen and oxygen atoms in total. The summed E-state index contributed by atoms with van der Waals surface area (Å²) in [4.78, 5) is 11.5. The lowest BCUT2D eigenvalue weighted by molar-refractivity contribution is -0.147. The molecule has 1 aromatic carbocycles. The Morgan fingerprint density at radius 3 is 2.53 bits per heavy atom. The van der Waals surface area contributed by atoms with Gasteiger partial charge in [0.05, 0.1) is 16.1 Å². The second kappa shape index (κ2) is 3.57. The first-order chi connectivity index (χ1) is 7.77. The Bertz CT molecular complexity index is 572. The Balaban J connectivity index is 2.60. The molecule has 0 amide bonds. The molecule has 0 radical (unpaired) electrons. The molecule has 5 heteroatoms. The minimum Gasteiger partial charge on any atom is -0.481 e. The molecule has 0 aliphatic carbocycles. The molecule has 2 rings (SSSR count). The maximum absolute atomic E-state index is 11.9. The van der Waals surface area contributed by atoms with Crippen LogP contribution in [0, 0.1) is 5.41 Å². The molecule has 1 unspecified atom stereocenters. The van der Waals surface area contributed by atoms with Crippen molar-refractivity contribution in [3.63, 3.8) is 0 Å². The minimum atomic E-state index is -3.33. The largest absolute Gasteiger partial charge is 0.481 e. The first-order valence-corrected chi connectivity index (χ1v) is 6.97. The van der Waals surface area contributed by atoms with Gasteiger partial charge in [-0.05, 0) is 25.5 Å². The monoisotopic (exact) mass is 254 g/mol. The summed E-state index contributed by atoms with van der Waals surface area (Å²) in [7, 11) is -3.33. The molecule has 1 N–H and O–H groups in total. The molecule has 1 atom stereocenters. The highest BCUT2D eigenvalue weighted by Crippen LogP contribution is 2.45. The van der Waals surface area contributed by atoms with Gasteiger partial charge in [-0.15, -0.1) is 0 Å². The minimum absolute atomic E-state index is 0.119. The number of carboxylic acids is 1. The predicted octanol–water partition coefficient (Wildman–Crippen LogP) is 1.67. The zero-order chi connectivity index (χ0) is 12.8. The fraction of sp³-hybridized carbons (Fsp3) is 0.417. The van der Waals surface area contributed by atoms with Gasteiger partial charge in [-0.3, -0.25) is 4.79 Å². The third-order valence-corrected chi connectivity index (χ3v) is 5.25. The summed E-state index contributed by atoms with van der Waals surface area (Å²) in [5, 5.41) is 9.20. The number of fused-ring (bicyclic) bond motifs is 1. The molecule has 0 aromatic heterocycles. The van der Waals surface area contributed by atoms with Gasteiger partial charge in [0.2, 0.25) is 0 Å². The lowest BCUT2D eigenvalue weighted by Gasteiger charge is -2.26. The van der Waals surface area contributed by atoms with Gasteiger partial charge in [0.25, 0.3) is 0 Å². The van der Waals surface area contributed by atoms with Gasteiger partial charge in [-0.25, -0.2) is 8.42 Å². The molecule has 17 heavy (non-hydrogen) atoms. The van der Waals surface area contributed by atoms with Crippen LogP contribution in [0.1, 0.15) is 25.3 Å². The van der Waals surface area contributed by atoms with Crippen molar-refractivity contribution in [2.75, 3.05) is 5.75 Å². The smallest absolute Gasteiger partial charge is 0.309 e. The average molecular weight is 254 g/mol. The van der Waals surface area contributed by atoms with Crippen LogP contribution >= 0.6 is 0 Å². The van der Waals surface area contributed by atoms with Crippen molar-refractivity contribution in [3.05, 3.63) is 29.8 Å². The SMILES string of the molecule is CC(C)(C(=O)O)C1CS(=O)(=O)c2ccccc21. The summed E-state index contributed by atoms with van der Waals surface area (Å²) in [6, 6.07) is 6.65. The van der Waals surface area contributed by atoms with E-state index in [2.05, 4.69) is 0 Å². The fourth-order valence-electron chi connectivity index (χ4n) is 2.20. The van der Waals surface area contributed by atoms with E-state index in [1.54, 1.807) is 38.1 Å². The Morgan fingerprint density at radius 2 is 1.94 bits per heavy atom. The number of rotatable bonds is 2. The quantitative estimate of drug-likeness (QED) is 0.871. The van der Waals surface area contributed by atoms with Gasteiger partial charge in [0, 0.05) is 5.92 Å². The Kier molecular flexibility index (Phi) is 2.54. The van der Waals surface area contributed by atoms with E-state index in [1.807, 2.05) is 0 Å². The molecule has 0 saturated carbocycles. The third-order valence-electron chi connectivity index (χ3n) is 3.44. The van der Waals surface area contributed by atoms with E-state index < -0.39 is 27.1 Å². The van der Waals surface area contributed by atoms with E-state index in [0.29, 0.717) is 5.56 Å². The first-order valence-electron chi connectivity index (χ1n) is 5.32. The molecule has 1 aliphatic rings. The molecule has 0 fully saturated rings. The molecule has 1 aliphatic heterocycles. The number of hydrogen-bond acceptors (Lipinski definition) is 3. The van der Waals surface area contributed by atoms with Gasteiger partial charge in [-0.2, -0.15) is 0 Å². The molecule has 1 aromatic rings. The maximum atomic E-state index is 11.9. The highest BCUT2D eigenvalue weighted by Gasteiger charge is 2.46. The summed E-state index contributed by atoms with van der Waals surface area (Å²) < 4.78 is 23.9. The summed E-state index contributed by atoms with van der Waals surface area (Å²) in [6.45, 7) is 3.13. The van der Waals surface area contributed by atoms with Crippen molar-refractivity contribution in [1.29, 1.82) is 0 Å². The van der Waals surface area contributed by atoms with E-state index in [-0.39, 0.29) is 10.6 Å². The first kappa shape index (κ1) is 12.1. The van der Waals surface area contributed by atoms with Crippen molar-refractivity contribution in [3.8, 4) is 0 Å². The zero-order valence-electron chi connectivity index (χ0n) is 9.67. The summed E-state index contributed by atoms with van der Waals surface area (Å²) in [5.74, 6) is -1.58. The van der Waals surface area contributed by atoms with Gasteiger partial charge in [0.1, 0.15) is 0 Å². The molecule has 0 bridgehead atoms. The van der Waals surface area contributed by atoms with Crippen molar-refractivity contribution < 1.29 is 18.3 Å². The Hall–Kier alpha value is -1.36. The van der Waals surface area contributed by atoms with E-state index in [1.165, 1.54) is 0 Å². The van der Waals surface area contributed by atoms with Gasteiger partial charge in [-0.1, -0.05) is 18.2 Å². The van der Waals surface area contributed by atoms with Crippen molar-refractivity contribution in [2.45, 2.75) is 24.7 Å². The Morgan fingerprint density at radius 1 is 1.35 bits per heavy atom. The highest BCUT2D eigenvalue weighted by atomic mass is 32.2. The molecule has 92 valence electrons. The topological polar surface area (TPSA) is 71.4 Å². The fourth-order valence-corrected chi connectivity index (χ4v) is 4.27. The summed E-state index contributed by atoms with van der Waals surface area (Å²) >= 11 is 0. The van der Waals surface area contributed by atoms with Crippen molar-refractivity contribution >= 4 is 15.8 Å². The van der Waals surface area contributed by atoms with Crippen LogP contribution in [-0.2, 0) is 14.6 Å². The Labute approximate surface area is 100 Å². The predicted molar refractivity (Wildman–Crippen MR) is 62.7 cm³/mol. The molecular weight excluding hydrogens is 240 g/mol. The number of sulfone groups is 1. The standard InChI is InChI=1S/C12H14O4S/c1-12(2,11(13)14)9-7-17(15,16)10-6-4-3-5-8(9)10/h3-6,9H,7H2,1-2H3,(H,13,14). The van der Waals surface area contributed by atoms with Crippen LogP contribution in [-0.4, -0.2) is 25.2 Å². The number of hydrogen-bond donors (Lipinski definition) is 1. The van der Waals surface area contributed by atoms with Crippen LogP contribution in [0.3, 0.4) is 0 Å². The number of aliphatic carboxylic acids is 1. The lowest BCUT2D eigenvalue weighted by Crippen LogP contribution is -2.32. The van der Waals surface area contributed by atoms with Crippen molar-refractivity contribution in [1.82, 2.24) is 0 Å². The van der Waals surface area contributed by atoms with E-state index >= 15 is 0 Å². The van der Waals surface area contributed by atoms with Crippen LogP contribution in [0.15, 0.2) is 29.2 Å². The van der Waals surface area contributed by atoms with Crippen molar-refractivity contribution in [2.24, 2.45) is 5.41 Å². The van der Waals surface area contributed by atoms with E-state index in [0.717, 1.165) is 0 Å². The van der Waals surface area contributed by atoms with Crippen LogP contribution in [0.4, 0.5) is 0 Å². The average Bonchev–Trinajstić information content (AvgIpc) is 2.52. The van der Waals surface area contributed by atoms with Gasteiger partial charge in [0.15, 0.2) is 9.84 Å². The molecule has 0 saturated heterocycles. The van der Waals surface area contributed by atoms with Crippen LogP contribution in [0.25, 0.3) is 0 Å². The van der Waals surface area contributed by atoms with Crippen LogP contribution < -0.4 is 0 Å². The third kappa shape index (κ3) is 1.74. The maximum Gasteiger partial charge on any atom is 0.309 e. The van der Waals surface area contributed by atoms with E-state index in [4.69, 9.17) is 0 Å². The molecule has 0 spiro atoms. The summed E-state index contributed by atoms with van der Waals surface area (Å²) in [6.07, 6.45) is 0. The van der Waals surface area contributed by atoms with Crippen LogP contribution in [0.2, 0.25) is 0 Å². The zero-order valence-corrected chi connectivity index (χ0v) is 10.5. The highest BCUT2D eigenvalue weighted by molar-refractivity contribution is 7.91. The second-order valence-electron chi connectivity index (χ2n) is 4.90. The number of benzene rings is 1. The number of carbonyl (C=O) groups is 1. The van der Waals surface area contributed by atoms with E-state index in [9.17, 15) is 18.3 Å². The summed E-state index contributed by atoms with van der Waals surface area (Å²) in [5.41, 5.74) is -0.459. The molecule has 1 heterocycles. The number of carboxylic acid groups (broad SMARTS) is 1. The second-order valence-corrected chi connectivity index (χ2v) is 6.90. The molecular formula is C12H14O4S. The van der Waals surface area contributed by atoms with Gasteiger partial charge >= 0.3 is 5.97 Å². The van der Waals surface area contributed by atoms with Gasteiger partial charge < -0.3 is 5.11 Å². The normalized spacial score (nSPS) is 22.1. The van der Waals surface area contributed by atoms with Crippen LogP contribution in [0.5, 0.6) is 0 Å².